The van der Waals surface area contributed by atoms with Crippen LogP contribution in [0.3, 0.4) is 0 Å². The van der Waals surface area contributed by atoms with E-state index in [2.05, 4.69) is 0 Å². The summed E-state index contributed by atoms with van der Waals surface area (Å²) in [5.74, 6) is 0.836. The number of likely N-dealkylation sites (N-methyl/N-ethyl adjacent to an activating group) is 1. The van der Waals surface area contributed by atoms with Crippen molar-refractivity contribution >= 4 is 17.5 Å². The minimum atomic E-state index is -0.465. The number of halogens is 2. The molecule has 0 aliphatic carbocycles. The van der Waals surface area contributed by atoms with Crippen molar-refractivity contribution in [1.29, 1.82) is 0 Å². The van der Waals surface area contributed by atoms with Crippen molar-refractivity contribution in [3.63, 3.8) is 0 Å². The maximum absolute atomic E-state index is 13.0. The molecule has 134 valence electrons. The van der Waals surface area contributed by atoms with E-state index in [0.717, 1.165) is 11.6 Å². The normalized spacial score (nSPS) is 10.3. The lowest BCUT2D eigenvalue weighted by Crippen LogP contribution is -2.31. The van der Waals surface area contributed by atoms with Gasteiger partial charge in [-0.3, -0.25) is 4.79 Å². The molecule has 0 N–H and O–H groups in total. The van der Waals surface area contributed by atoms with Gasteiger partial charge in [-0.25, -0.2) is 4.39 Å². The van der Waals surface area contributed by atoms with Gasteiger partial charge in [-0.2, -0.15) is 0 Å². The van der Waals surface area contributed by atoms with Crippen LogP contribution in [0.25, 0.3) is 0 Å². The zero-order valence-corrected chi connectivity index (χ0v) is 15.0. The number of carbonyl (C=O) groups is 1. The zero-order valence-electron chi connectivity index (χ0n) is 14.2. The summed E-state index contributed by atoms with van der Waals surface area (Å²) in [4.78, 5) is 13.7. The van der Waals surface area contributed by atoms with Crippen LogP contribution in [0, 0.1) is 5.82 Å². The smallest absolute Gasteiger partial charge is 0.260 e. The summed E-state index contributed by atoms with van der Waals surface area (Å²) in [5.41, 5.74) is 0.832. The number of methoxy groups -OCH3 is 2. The second-order valence-electron chi connectivity index (χ2n) is 5.29. The maximum atomic E-state index is 13.0. The van der Waals surface area contributed by atoms with Gasteiger partial charge >= 0.3 is 0 Å². The van der Waals surface area contributed by atoms with Crippen molar-refractivity contribution in [1.82, 2.24) is 4.90 Å². The van der Waals surface area contributed by atoms with Gasteiger partial charge in [-0.1, -0.05) is 11.6 Å². The molecule has 7 heteroatoms. The Labute approximate surface area is 150 Å². The number of carbonyl (C=O) groups excluding carboxylic acids is 1. The Morgan fingerprint density at radius 1 is 1.12 bits per heavy atom. The molecule has 0 heterocycles. The summed E-state index contributed by atoms with van der Waals surface area (Å²) in [6, 6.07) is 9.12. The number of hydrogen-bond acceptors (Lipinski definition) is 4. The van der Waals surface area contributed by atoms with Gasteiger partial charge in [0, 0.05) is 25.2 Å². The van der Waals surface area contributed by atoms with E-state index >= 15 is 0 Å². The quantitative estimate of drug-likeness (QED) is 0.751. The van der Waals surface area contributed by atoms with Crippen LogP contribution >= 0.6 is 11.6 Å². The molecule has 2 aromatic rings. The first-order valence-corrected chi connectivity index (χ1v) is 7.85. The average Bonchev–Trinajstić information content (AvgIpc) is 2.60. The Balaban J connectivity index is 1.98. The number of hydrogen-bond donors (Lipinski definition) is 0. The Morgan fingerprint density at radius 3 is 2.52 bits per heavy atom. The van der Waals surface area contributed by atoms with Crippen molar-refractivity contribution in [3.8, 4) is 17.2 Å². The minimum Gasteiger partial charge on any atom is -0.497 e. The molecular weight excluding hydrogens is 349 g/mol. The molecule has 0 radical (unpaired) electrons. The van der Waals surface area contributed by atoms with E-state index in [-0.39, 0.29) is 23.3 Å². The highest BCUT2D eigenvalue weighted by Crippen LogP contribution is 2.26. The summed E-state index contributed by atoms with van der Waals surface area (Å²) >= 11 is 5.87. The lowest BCUT2D eigenvalue weighted by atomic mass is 10.2. The van der Waals surface area contributed by atoms with Gasteiger partial charge in [0.25, 0.3) is 5.91 Å². The first-order chi connectivity index (χ1) is 11.9. The van der Waals surface area contributed by atoms with Crippen LogP contribution < -0.4 is 14.2 Å². The third-order valence-electron chi connectivity index (χ3n) is 3.57. The second-order valence-corrected chi connectivity index (χ2v) is 5.70. The van der Waals surface area contributed by atoms with Gasteiger partial charge in [-0.15, -0.1) is 0 Å². The summed E-state index contributed by atoms with van der Waals surface area (Å²) in [6.45, 7) is 0.132. The topological polar surface area (TPSA) is 48.0 Å². The molecule has 0 saturated carbocycles. The van der Waals surface area contributed by atoms with Crippen molar-refractivity contribution in [2.45, 2.75) is 6.54 Å². The van der Waals surface area contributed by atoms with E-state index in [4.69, 9.17) is 25.8 Å². The van der Waals surface area contributed by atoms with Crippen LogP contribution in [0.2, 0.25) is 5.02 Å². The van der Waals surface area contributed by atoms with E-state index in [1.807, 2.05) is 6.07 Å². The molecule has 5 nitrogen and oxygen atoms in total. The molecule has 2 aromatic carbocycles. The zero-order chi connectivity index (χ0) is 18.4. The van der Waals surface area contributed by atoms with Crippen LogP contribution in [-0.2, 0) is 11.3 Å². The summed E-state index contributed by atoms with van der Waals surface area (Å²) in [6.07, 6.45) is 0. The van der Waals surface area contributed by atoms with Crippen LogP contribution in [0.1, 0.15) is 5.56 Å². The highest BCUT2D eigenvalue weighted by atomic mass is 35.5. The van der Waals surface area contributed by atoms with Gasteiger partial charge in [-0.05, 0) is 30.3 Å². The molecule has 2 rings (SSSR count). The lowest BCUT2D eigenvalue weighted by Gasteiger charge is -2.19. The number of rotatable bonds is 7. The van der Waals surface area contributed by atoms with Crippen molar-refractivity contribution in [3.05, 3.63) is 52.8 Å². The van der Waals surface area contributed by atoms with E-state index in [1.165, 1.54) is 17.0 Å². The summed E-state index contributed by atoms with van der Waals surface area (Å²) in [7, 11) is 4.78. The Morgan fingerprint density at radius 2 is 1.88 bits per heavy atom. The molecule has 0 unspecified atom stereocenters. The van der Waals surface area contributed by atoms with Crippen molar-refractivity contribution < 1.29 is 23.4 Å². The predicted octanol–water partition coefficient (Wildman–Crippen LogP) is 3.53. The fraction of sp³-hybridized carbons (Fsp3) is 0.278. The predicted molar refractivity (Wildman–Crippen MR) is 92.9 cm³/mol. The molecule has 0 aliphatic heterocycles. The molecular formula is C18H19ClFNO4. The molecule has 0 aliphatic rings. The maximum Gasteiger partial charge on any atom is 0.260 e. The van der Waals surface area contributed by atoms with Crippen LogP contribution in [0.5, 0.6) is 17.2 Å². The summed E-state index contributed by atoms with van der Waals surface area (Å²) in [5, 5.41) is 0.118. The number of benzene rings is 2. The number of amides is 1. The second kappa shape index (κ2) is 8.58. The SMILES string of the molecule is COc1ccc(CN(C)C(=O)COc2ccc(F)cc2Cl)c(OC)c1. The van der Waals surface area contributed by atoms with E-state index in [1.54, 1.807) is 33.4 Å². The van der Waals surface area contributed by atoms with Crippen molar-refractivity contribution in [2.24, 2.45) is 0 Å². The van der Waals surface area contributed by atoms with Gasteiger partial charge in [0.15, 0.2) is 6.61 Å². The minimum absolute atomic E-state index is 0.118. The van der Waals surface area contributed by atoms with E-state index < -0.39 is 5.82 Å². The van der Waals surface area contributed by atoms with Crippen LogP contribution in [0.4, 0.5) is 4.39 Å². The molecule has 0 bridgehead atoms. The highest BCUT2D eigenvalue weighted by molar-refractivity contribution is 6.32. The van der Waals surface area contributed by atoms with Crippen LogP contribution in [0.15, 0.2) is 36.4 Å². The van der Waals surface area contributed by atoms with Crippen molar-refractivity contribution in [2.75, 3.05) is 27.9 Å². The van der Waals surface area contributed by atoms with Gasteiger partial charge in [0.1, 0.15) is 23.1 Å². The fourth-order valence-electron chi connectivity index (χ4n) is 2.17. The van der Waals surface area contributed by atoms with Crippen LogP contribution in [-0.4, -0.2) is 38.7 Å². The monoisotopic (exact) mass is 367 g/mol. The summed E-state index contributed by atoms with van der Waals surface area (Å²) < 4.78 is 28.8. The Kier molecular flexibility index (Phi) is 6.47. The molecule has 0 aromatic heterocycles. The first kappa shape index (κ1) is 18.9. The van der Waals surface area contributed by atoms with Gasteiger partial charge in [0.05, 0.1) is 19.2 Å². The molecule has 0 fully saturated rings. The standard InChI is InChI=1S/C18H19ClFNO4/c1-21(10-12-4-6-14(23-2)9-17(12)24-3)18(22)11-25-16-7-5-13(20)8-15(16)19/h4-9H,10-11H2,1-3H3. The highest BCUT2D eigenvalue weighted by Gasteiger charge is 2.14. The number of nitrogens with zero attached hydrogens (tertiary/aromatic N) is 1. The Hall–Kier alpha value is -2.47. The first-order valence-electron chi connectivity index (χ1n) is 7.47. The molecule has 1 amide bonds. The molecule has 0 spiro atoms. The molecule has 0 atom stereocenters. The van der Waals surface area contributed by atoms with Gasteiger partial charge < -0.3 is 19.1 Å². The lowest BCUT2D eigenvalue weighted by molar-refractivity contribution is -0.132. The third-order valence-corrected chi connectivity index (χ3v) is 3.87. The van der Waals surface area contributed by atoms with Gasteiger partial charge in [0.2, 0.25) is 0 Å². The van der Waals surface area contributed by atoms with E-state index in [0.29, 0.717) is 18.0 Å². The largest absolute Gasteiger partial charge is 0.497 e. The third kappa shape index (κ3) is 5.00. The fourth-order valence-corrected chi connectivity index (χ4v) is 2.39. The number of ether oxygens (including phenoxy) is 3. The van der Waals surface area contributed by atoms with E-state index in [9.17, 15) is 9.18 Å². The Bertz CT molecular complexity index is 754. The average molecular weight is 368 g/mol. The molecule has 0 saturated heterocycles. The molecule has 25 heavy (non-hydrogen) atoms.